The molecule has 1 unspecified atom stereocenters. The summed E-state index contributed by atoms with van der Waals surface area (Å²) in [6.45, 7) is 1.63. The van der Waals surface area contributed by atoms with Crippen molar-refractivity contribution in [3.63, 3.8) is 0 Å². The number of pyridine rings is 1. The first-order chi connectivity index (χ1) is 15.7. The molecule has 1 fully saturated rings. The first-order valence-corrected chi connectivity index (χ1v) is 10.3. The van der Waals surface area contributed by atoms with E-state index in [-0.39, 0.29) is 16.6 Å². The second kappa shape index (κ2) is 8.01. The fraction of sp³-hybridized carbons (Fsp3) is 0.286. The third-order valence-electron chi connectivity index (χ3n) is 5.53. The van der Waals surface area contributed by atoms with Crippen molar-refractivity contribution in [2.24, 2.45) is 10.9 Å². The van der Waals surface area contributed by atoms with Gasteiger partial charge in [0.05, 0.1) is 16.5 Å². The van der Waals surface area contributed by atoms with Crippen molar-refractivity contribution < 1.29 is 27.9 Å². The molecule has 0 amide bonds. The summed E-state index contributed by atoms with van der Waals surface area (Å²) in [4.78, 5) is 27.2. The molecule has 0 aliphatic carbocycles. The van der Waals surface area contributed by atoms with Crippen molar-refractivity contribution in [3.8, 4) is 0 Å². The highest BCUT2D eigenvalue weighted by Crippen LogP contribution is 2.33. The molecular formula is C21H17ClF3N5O3. The normalized spacial score (nSPS) is 19.4. The van der Waals surface area contributed by atoms with Gasteiger partial charge >= 0.3 is 12.1 Å². The number of nitrogens with one attached hydrogen (secondary N) is 1. The Labute approximate surface area is 190 Å². The van der Waals surface area contributed by atoms with E-state index in [1.165, 1.54) is 10.6 Å². The topological polar surface area (TPSA) is 91.5 Å². The van der Waals surface area contributed by atoms with E-state index in [9.17, 15) is 18.0 Å². The zero-order valence-electron chi connectivity index (χ0n) is 16.9. The van der Waals surface area contributed by atoms with E-state index in [0.29, 0.717) is 31.2 Å². The standard InChI is InChI=1S/C21H17ClF3N5O3/c22-15-5-14(21(23,24)25)9-30-10-16(26-18(15)30)19-27-17(28-33-19)12-3-1-2-11(4-12)6-29-7-13(8-29)20(31)32/h1-5,9-10,13,19H,6-8H2,(H,27,28)(H,31,32). The predicted octanol–water partition coefficient (Wildman–Crippen LogP) is 3.50. The first kappa shape index (κ1) is 21.7. The molecule has 1 aromatic carbocycles. The van der Waals surface area contributed by atoms with Crippen molar-refractivity contribution in [3.05, 3.63) is 70.1 Å². The maximum atomic E-state index is 13.1. The van der Waals surface area contributed by atoms with Crippen LogP contribution in [0.25, 0.3) is 5.65 Å². The van der Waals surface area contributed by atoms with Crippen molar-refractivity contribution in [1.82, 2.24) is 19.8 Å². The zero-order chi connectivity index (χ0) is 23.3. The van der Waals surface area contributed by atoms with E-state index < -0.39 is 23.9 Å². The molecule has 172 valence electrons. The molecule has 2 N–H and O–H groups in total. The lowest BCUT2D eigenvalue weighted by atomic mass is 9.99. The summed E-state index contributed by atoms with van der Waals surface area (Å²) < 4.78 is 40.4. The Morgan fingerprint density at radius 1 is 1.27 bits per heavy atom. The molecule has 0 spiro atoms. The van der Waals surface area contributed by atoms with E-state index in [2.05, 4.69) is 15.5 Å². The number of rotatable bonds is 5. The number of halogens is 4. The molecule has 5 rings (SSSR count). The number of aliphatic imine (C=N–C) groups is 1. The molecule has 2 aliphatic rings. The number of likely N-dealkylation sites (tertiary alicyclic amines) is 1. The minimum atomic E-state index is -4.53. The molecule has 3 aromatic rings. The third kappa shape index (κ3) is 4.26. The highest BCUT2D eigenvalue weighted by molar-refractivity contribution is 6.33. The van der Waals surface area contributed by atoms with E-state index in [1.54, 1.807) is 0 Å². The Morgan fingerprint density at radius 2 is 2.06 bits per heavy atom. The molecule has 2 aromatic heterocycles. The third-order valence-corrected chi connectivity index (χ3v) is 5.81. The molecule has 0 radical (unpaired) electrons. The van der Waals surface area contributed by atoms with Gasteiger partial charge in [0.25, 0.3) is 0 Å². The second-order valence-corrected chi connectivity index (χ2v) is 8.36. The van der Waals surface area contributed by atoms with Crippen LogP contribution in [0.4, 0.5) is 13.2 Å². The number of aliphatic carboxylic acids is 1. The lowest BCUT2D eigenvalue weighted by molar-refractivity contribution is -0.147. The fourth-order valence-electron chi connectivity index (χ4n) is 3.82. The SMILES string of the molecule is O=C(O)C1CN(Cc2cccc(C3=NC(c4cn5cc(C(F)(F)F)cc(Cl)c5n4)ON3)c2)C1. The van der Waals surface area contributed by atoms with Crippen molar-refractivity contribution in [2.75, 3.05) is 13.1 Å². The number of alkyl halides is 3. The van der Waals surface area contributed by atoms with Crippen LogP contribution in [-0.2, 0) is 22.4 Å². The number of hydroxylamine groups is 1. The van der Waals surface area contributed by atoms with Gasteiger partial charge in [-0.3, -0.25) is 9.69 Å². The lowest BCUT2D eigenvalue weighted by Crippen LogP contribution is -2.49. The van der Waals surface area contributed by atoms with Crippen molar-refractivity contribution in [2.45, 2.75) is 18.9 Å². The molecule has 0 bridgehead atoms. The van der Waals surface area contributed by atoms with E-state index in [0.717, 1.165) is 23.4 Å². The number of aromatic nitrogens is 2. The molecule has 33 heavy (non-hydrogen) atoms. The molecule has 1 saturated heterocycles. The van der Waals surface area contributed by atoms with Crippen LogP contribution < -0.4 is 5.48 Å². The van der Waals surface area contributed by atoms with Crippen LogP contribution in [0.2, 0.25) is 5.02 Å². The summed E-state index contributed by atoms with van der Waals surface area (Å²) in [6, 6.07) is 8.39. The Balaban J connectivity index is 1.34. The van der Waals surface area contributed by atoms with Crippen LogP contribution in [0.5, 0.6) is 0 Å². The van der Waals surface area contributed by atoms with Crippen LogP contribution >= 0.6 is 11.6 Å². The summed E-state index contributed by atoms with van der Waals surface area (Å²) in [6.07, 6.45) is -3.08. The van der Waals surface area contributed by atoms with Crippen LogP contribution in [0.3, 0.4) is 0 Å². The predicted molar refractivity (Wildman–Crippen MR) is 112 cm³/mol. The van der Waals surface area contributed by atoms with E-state index in [4.69, 9.17) is 21.5 Å². The van der Waals surface area contributed by atoms with Gasteiger partial charge in [0.15, 0.2) is 11.5 Å². The van der Waals surface area contributed by atoms with E-state index >= 15 is 0 Å². The van der Waals surface area contributed by atoms with Gasteiger partial charge in [-0.2, -0.15) is 13.2 Å². The molecule has 1 atom stereocenters. The number of hydrogen-bond acceptors (Lipinski definition) is 6. The van der Waals surface area contributed by atoms with Crippen LogP contribution in [0.1, 0.15) is 28.6 Å². The largest absolute Gasteiger partial charge is 0.481 e. The Morgan fingerprint density at radius 3 is 2.79 bits per heavy atom. The zero-order valence-corrected chi connectivity index (χ0v) is 17.6. The van der Waals surface area contributed by atoms with Gasteiger partial charge in [0.1, 0.15) is 5.69 Å². The second-order valence-electron chi connectivity index (χ2n) is 7.95. The molecular weight excluding hydrogens is 463 g/mol. The number of carboxylic acid groups (broad SMARTS) is 1. The van der Waals surface area contributed by atoms with Gasteiger partial charge in [-0.15, -0.1) is 0 Å². The molecule has 0 saturated carbocycles. The summed E-state index contributed by atoms with van der Waals surface area (Å²) in [5.41, 5.74) is 4.08. The Kier molecular flexibility index (Phi) is 5.26. The maximum Gasteiger partial charge on any atom is 0.417 e. The summed E-state index contributed by atoms with van der Waals surface area (Å²) in [7, 11) is 0. The number of fused-ring (bicyclic) bond motifs is 1. The van der Waals surface area contributed by atoms with Crippen LogP contribution in [0, 0.1) is 5.92 Å². The number of hydrogen-bond donors (Lipinski definition) is 2. The highest BCUT2D eigenvalue weighted by atomic mass is 35.5. The molecule has 8 nitrogen and oxygen atoms in total. The molecule has 4 heterocycles. The number of carbonyl (C=O) groups is 1. The fourth-order valence-corrected chi connectivity index (χ4v) is 4.08. The average molecular weight is 480 g/mol. The van der Waals surface area contributed by atoms with Crippen molar-refractivity contribution >= 4 is 29.1 Å². The van der Waals surface area contributed by atoms with Gasteiger partial charge in [0, 0.05) is 37.6 Å². The summed E-state index contributed by atoms with van der Waals surface area (Å²) in [5, 5.41) is 8.88. The number of benzene rings is 1. The van der Waals surface area contributed by atoms with Gasteiger partial charge < -0.3 is 9.51 Å². The quantitative estimate of drug-likeness (QED) is 0.582. The van der Waals surface area contributed by atoms with Gasteiger partial charge in [-0.05, 0) is 17.7 Å². The number of carboxylic acids is 1. The van der Waals surface area contributed by atoms with Gasteiger partial charge in [-0.1, -0.05) is 29.8 Å². The summed E-state index contributed by atoms with van der Waals surface area (Å²) >= 11 is 6.00. The Bertz CT molecular complexity index is 1270. The minimum absolute atomic E-state index is 0.130. The highest BCUT2D eigenvalue weighted by Gasteiger charge is 2.33. The number of imidazole rings is 1. The monoisotopic (exact) mass is 479 g/mol. The van der Waals surface area contributed by atoms with Gasteiger partial charge in [0.2, 0.25) is 6.23 Å². The van der Waals surface area contributed by atoms with Gasteiger partial charge in [-0.25, -0.2) is 20.3 Å². The average Bonchev–Trinajstić information content (AvgIpc) is 3.37. The van der Waals surface area contributed by atoms with Crippen LogP contribution in [0.15, 0.2) is 47.7 Å². The lowest BCUT2D eigenvalue weighted by Gasteiger charge is -2.36. The molecule has 2 aliphatic heterocycles. The Hall–Kier alpha value is -3.15. The van der Waals surface area contributed by atoms with Crippen molar-refractivity contribution in [1.29, 1.82) is 0 Å². The van der Waals surface area contributed by atoms with Crippen LogP contribution in [-0.4, -0.2) is 44.3 Å². The number of nitrogens with zero attached hydrogens (tertiary/aromatic N) is 4. The maximum absolute atomic E-state index is 13.1. The number of amidine groups is 1. The molecule has 12 heteroatoms. The summed E-state index contributed by atoms with van der Waals surface area (Å²) in [5.74, 6) is -0.655. The van der Waals surface area contributed by atoms with E-state index in [1.807, 2.05) is 29.2 Å². The smallest absolute Gasteiger partial charge is 0.417 e. The minimum Gasteiger partial charge on any atom is -0.481 e. The first-order valence-electron chi connectivity index (χ1n) is 9.96.